The second-order valence-corrected chi connectivity index (χ2v) is 4.61. The van der Waals surface area contributed by atoms with Crippen molar-refractivity contribution >= 4 is 11.3 Å². The van der Waals surface area contributed by atoms with Crippen LogP contribution in [0, 0.1) is 17.1 Å². The van der Waals surface area contributed by atoms with Gasteiger partial charge in [-0.1, -0.05) is 18.2 Å². The van der Waals surface area contributed by atoms with Crippen molar-refractivity contribution in [1.29, 1.82) is 5.26 Å². The van der Waals surface area contributed by atoms with Crippen LogP contribution in [0.2, 0.25) is 0 Å². The molecule has 1 aromatic carbocycles. The van der Waals surface area contributed by atoms with E-state index in [1.165, 1.54) is 10.9 Å². The number of benzene rings is 1. The van der Waals surface area contributed by atoms with Crippen molar-refractivity contribution in [3.05, 3.63) is 57.5 Å². The molecule has 0 unspecified atom stereocenters. The number of nitriles is 1. The Hall–Kier alpha value is -1.70. The Morgan fingerprint density at radius 3 is 2.82 bits per heavy atom. The molecule has 0 atom stereocenters. The van der Waals surface area contributed by atoms with Gasteiger partial charge in [0.1, 0.15) is 11.9 Å². The Labute approximate surface area is 103 Å². The number of nitrogens with zero attached hydrogens (tertiary/aromatic N) is 1. The zero-order valence-corrected chi connectivity index (χ0v) is 9.93. The lowest BCUT2D eigenvalue weighted by atomic mass is 10.1. The molecule has 0 aliphatic heterocycles. The third-order valence-corrected chi connectivity index (χ3v) is 3.27. The third-order valence-electron chi connectivity index (χ3n) is 2.39. The van der Waals surface area contributed by atoms with E-state index in [-0.39, 0.29) is 5.56 Å². The molecule has 4 heteroatoms. The molecule has 86 valence electrons. The van der Waals surface area contributed by atoms with Crippen LogP contribution in [0.25, 0.3) is 0 Å². The van der Waals surface area contributed by atoms with E-state index < -0.39 is 5.82 Å². The van der Waals surface area contributed by atoms with Gasteiger partial charge in [-0.15, -0.1) is 11.3 Å². The van der Waals surface area contributed by atoms with E-state index in [0.717, 1.165) is 0 Å². The van der Waals surface area contributed by atoms with E-state index in [1.54, 1.807) is 23.5 Å². The number of thiophene rings is 1. The summed E-state index contributed by atoms with van der Waals surface area (Å²) in [6.45, 7) is 1.15. The van der Waals surface area contributed by atoms with Gasteiger partial charge >= 0.3 is 0 Å². The lowest BCUT2D eigenvalue weighted by molar-refractivity contribution is 0.586. The van der Waals surface area contributed by atoms with Crippen molar-refractivity contribution in [2.75, 3.05) is 0 Å². The highest BCUT2D eigenvalue weighted by atomic mass is 32.1. The summed E-state index contributed by atoms with van der Waals surface area (Å²) < 4.78 is 13.7. The predicted molar refractivity (Wildman–Crippen MR) is 66.0 cm³/mol. The topological polar surface area (TPSA) is 35.8 Å². The van der Waals surface area contributed by atoms with Crippen LogP contribution in [0.1, 0.15) is 16.0 Å². The van der Waals surface area contributed by atoms with Gasteiger partial charge in [0.25, 0.3) is 0 Å². The second-order valence-electron chi connectivity index (χ2n) is 3.57. The van der Waals surface area contributed by atoms with Crippen LogP contribution >= 0.6 is 11.3 Å². The van der Waals surface area contributed by atoms with Gasteiger partial charge in [-0.05, 0) is 17.5 Å². The van der Waals surface area contributed by atoms with Gasteiger partial charge < -0.3 is 5.32 Å². The van der Waals surface area contributed by atoms with Gasteiger partial charge in [-0.3, -0.25) is 0 Å². The predicted octanol–water partition coefficient (Wildman–Crippen LogP) is 3.05. The molecule has 2 nitrogen and oxygen atoms in total. The van der Waals surface area contributed by atoms with Crippen LogP contribution < -0.4 is 5.32 Å². The van der Waals surface area contributed by atoms with E-state index in [0.29, 0.717) is 18.7 Å². The zero-order chi connectivity index (χ0) is 12.1. The molecule has 0 amide bonds. The van der Waals surface area contributed by atoms with Gasteiger partial charge in [0.05, 0.1) is 5.56 Å². The van der Waals surface area contributed by atoms with Crippen molar-refractivity contribution in [3.63, 3.8) is 0 Å². The van der Waals surface area contributed by atoms with E-state index in [9.17, 15) is 4.39 Å². The van der Waals surface area contributed by atoms with Crippen molar-refractivity contribution in [3.8, 4) is 6.07 Å². The average molecular weight is 246 g/mol. The zero-order valence-electron chi connectivity index (χ0n) is 9.11. The Bertz CT molecular complexity index is 529. The van der Waals surface area contributed by atoms with E-state index in [2.05, 4.69) is 5.32 Å². The first-order chi connectivity index (χ1) is 8.31. The Balaban J connectivity index is 1.98. The van der Waals surface area contributed by atoms with Gasteiger partial charge in [0.2, 0.25) is 0 Å². The molecular weight excluding hydrogens is 235 g/mol. The van der Waals surface area contributed by atoms with Crippen LogP contribution in [-0.2, 0) is 13.1 Å². The smallest absolute Gasteiger partial charge is 0.145 e. The highest BCUT2D eigenvalue weighted by Gasteiger charge is 2.06. The summed E-state index contributed by atoms with van der Waals surface area (Å²) in [6, 6.07) is 10.7. The number of hydrogen-bond acceptors (Lipinski definition) is 3. The van der Waals surface area contributed by atoms with Crippen molar-refractivity contribution in [1.82, 2.24) is 5.32 Å². The first-order valence-electron chi connectivity index (χ1n) is 5.22. The fraction of sp³-hybridized carbons (Fsp3) is 0.154. The fourth-order valence-electron chi connectivity index (χ4n) is 1.54. The highest BCUT2D eigenvalue weighted by molar-refractivity contribution is 7.09. The molecule has 0 saturated carbocycles. The maximum atomic E-state index is 13.7. The van der Waals surface area contributed by atoms with Crippen molar-refractivity contribution in [2.45, 2.75) is 13.1 Å². The molecule has 0 fully saturated rings. The molecule has 0 aliphatic carbocycles. The standard InChI is InChI=1S/C13H11FN2S/c14-13-10(7-15)3-1-4-11(13)8-16-9-12-5-2-6-17-12/h1-6,16H,8-9H2. The summed E-state index contributed by atoms with van der Waals surface area (Å²) in [6.07, 6.45) is 0. The van der Waals surface area contributed by atoms with Crippen LogP contribution in [-0.4, -0.2) is 0 Å². The largest absolute Gasteiger partial charge is 0.308 e. The van der Waals surface area contributed by atoms with Crippen LogP contribution in [0.15, 0.2) is 35.7 Å². The first kappa shape index (κ1) is 11.8. The van der Waals surface area contributed by atoms with Crippen LogP contribution in [0.4, 0.5) is 4.39 Å². The number of halogens is 1. The van der Waals surface area contributed by atoms with Gasteiger partial charge in [-0.25, -0.2) is 4.39 Å². The molecule has 17 heavy (non-hydrogen) atoms. The molecule has 0 spiro atoms. The van der Waals surface area contributed by atoms with Gasteiger partial charge in [-0.2, -0.15) is 5.26 Å². The molecule has 2 rings (SSSR count). The van der Waals surface area contributed by atoms with E-state index >= 15 is 0 Å². The number of rotatable bonds is 4. The summed E-state index contributed by atoms with van der Waals surface area (Å²) in [4.78, 5) is 1.21. The summed E-state index contributed by atoms with van der Waals surface area (Å²) in [7, 11) is 0. The first-order valence-corrected chi connectivity index (χ1v) is 6.10. The summed E-state index contributed by atoms with van der Waals surface area (Å²) in [5.74, 6) is -0.423. The van der Waals surface area contributed by atoms with E-state index in [1.807, 2.05) is 23.6 Å². The highest BCUT2D eigenvalue weighted by Crippen LogP contribution is 2.13. The fourth-order valence-corrected chi connectivity index (χ4v) is 2.21. The SMILES string of the molecule is N#Cc1cccc(CNCc2cccs2)c1F. The second kappa shape index (κ2) is 5.58. The summed E-state index contributed by atoms with van der Waals surface area (Å²) in [5, 5.41) is 13.9. The molecule has 0 bridgehead atoms. The number of hydrogen-bond donors (Lipinski definition) is 1. The molecule has 1 N–H and O–H groups in total. The third kappa shape index (κ3) is 2.90. The molecule has 0 radical (unpaired) electrons. The van der Waals surface area contributed by atoms with Gasteiger partial charge in [0, 0.05) is 23.5 Å². The minimum Gasteiger partial charge on any atom is -0.308 e. The molecule has 1 heterocycles. The normalized spacial score (nSPS) is 10.1. The Kier molecular flexibility index (Phi) is 3.86. The minimum atomic E-state index is -0.423. The summed E-state index contributed by atoms with van der Waals surface area (Å²) >= 11 is 1.66. The Morgan fingerprint density at radius 2 is 2.12 bits per heavy atom. The maximum Gasteiger partial charge on any atom is 0.145 e. The van der Waals surface area contributed by atoms with Crippen molar-refractivity contribution in [2.24, 2.45) is 0 Å². The lowest BCUT2D eigenvalue weighted by Gasteiger charge is -2.05. The minimum absolute atomic E-state index is 0.0976. The molecule has 1 aromatic heterocycles. The molecular formula is C13H11FN2S. The van der Waals surface area contributed by atoms with Gasteiger partial charge in [0.15, 0.2) is 0 Å². The maximum absolute atomic E-state index is 13.7. The quantitative estimate of drug-likeness (QED) is 0.900. The monoisotopic (exact) mass is 246 g/mol. The molecule has 0 aliphatic rings. The van der Waals surface area contributed by atoms with Crippen LogP contribution in [0.3, 0.4) is 0 Å². The Morgan fingerprint density at radius 1 is 1.24 bits per heavy atom. The van der Waals surface area contributed by atoms with E-state index in [4.69, 9.17) is 5.26 Å². The molecule has 0 saturated heterocycles. The van der Waals surface area contributed by atoms with Crippen molar-refractivity contribution < 1.29 is 4.39 Å². The van der Waals surface area contributed by atoms with Crippen LogP contribution in [0.5, 0.6) is 0 Å². The molecule has 2 aromatic rings. The summed E-state index contributed by atoms with van der Waals surface area (Å²) in [5.41, 5.74) is 0.626. The number of nitrogens with one attached hydrogen (secondary N) is 1. The average Bonchev–Trinajstić information content (AvgIpc) is 2.84. The lowest BCUT2D eigenvalue weighted by Crippen LogP contribution is -2.13.